The van der Waals surface area contributed by atoms with Crippen molar-refractivity contribution >= 4 is 29.7 Å². The lowest BCUT2D eigenvalue weighted by molar-refractivity contribution is 0.345. The SMILES string of the molecule is C[N+]1(c2ccccc2)Cc2ccccc2C1.I. The van der Waals surface area contributed by atoms with E-state index in [1.807, 2.05) is 0 Å². The molecular weight excluding hydrogens is 321 g/mol. The van der Waals surface area contributed by atoms with Crippen LogP contribution in [0.15, 0.2) is 54.6 Å². The molecule has 0 fully saturated rings. The highest BCUT2D eigenvalue weighted by atomic mass is 127. The first-order chi connectivity index (χ1) is 7.78. The number of rotatable bonds is 1. The Hall–Kier alpha value is -0.870. The molecule has 0 aliphatic carbocycles. The summed E-state index contributed by atoms with van der Waals surface area (Å²) in [4.78, 5) is 0. The van der Waals surface area contributed by atoms with E-state index in [-0.39, 0.29) is 24.0 Å². The zero-order valence-corrected chi connectivity index (χ0v) is 12.3. The average molecular weight is 338 g/mol. The van der Waals surface area contributed by atoms with Gasteiger partial charge in [-0.15, -0.1) is 24.0 Å². The zero-order chi connectivity index (χ0) is 11.0. The summed E-state index contributed by atoms with van der Waals surface area (Å²) in [5, 5.41) is 0. The molecule has 88 valence electrons. The first-order valence-corrected chi connectivity index (χ1v) is 5.75. The Kier molecular flexibility index (Phi) is 3.54. The Labute approximate surface area is 120 Å². The maximum absolute atomic E-state index is 2.31. The minimum Gasteiger partial charge on any atom is -0.286 e. The molecule has 0 N–H and O–H groups in total. The van der Waals surface area contributed by atoms with E-state index in [2.05, 4.69) is 61.6 Å². The van der Waals surface area contributed by atoms with E-state index in [9.17, 15) is 0 Å². The Morgan fingerprint density at radius 3 is 1.76 bits per heavy atom. The van der Waals surface area contributed by atoms with Crippen LogP contribution in [0.1, 0.15) is 11.1 Å². The number of nitrogens with zero attached hydrogens (tertiary/aromatic N) is 1. The highest BCUT2D eigenvalue weighted by Crippen LogP contribution is 2.33. The molecule has 0 radical (unpaired) electrons. The van der Waals surface area contributed by atoms with E-state index >= 15 is 0 Å². The van der Waals surface area contributed by atoms with Gasteiger partial charge in [-0.25, -0.2) is 0 Å². The molecule has 1 nitrogen and oxygen atoms in total. The summed E-state index contributed by atoms with van der Waals surface area (Å²) in [6.07, 6.45) is 0. The molecular formula is C15H17IN+. The van der Waals surface area contributed by atoms with Crippen molar-refractivity contribution < 1.29 is 0 Å². The first-order valence-electron chi connectivity index (χ1n) is 5.75. The Morgan fingerprint density at radius 2 is 1.24 bits per heavy atom. The summed E-state index contributed by atoms with van der Waals surface area (Å²) in [6.45, 7) is 2.22. The molecule has 2 heteroatoms. The van der Waals surface area contributed by atoms with E-state index in [0.29, 0.717) is 0 Å². The number of fused-ring (bicyclic) bond motifs is 1. The molecule has 2 aromatic carbocycles. The fourth-order valence-electron chi connectivity index (χ4n) is 2.64. The van der Waals surface area contributed by atoms with Crippen LogP contribution in [0.5, 0.6) is 0 Å². The zero-order valence-electron chi connectivity index (χ0n) is 9.97. The summed E-state index contributed by atoms with van der Waals surface area (Å²) >= 11 is 0. The second kappa shape index (κ2) is 4.78. The molecule has 0 aromatic heterocycles. The van der Waals surface area contributed by atoms with Crippen LogP contribution in [0.3, 0.4) is 0 Å². The van der Waals surface area contributed by atoms with Crippen molar-refractivity contribution in [3.63, 3.8) is 0 Å². The van der Waals surface area contributed by atoms with Crippen molar-refractivity contribution in [1.29, 1.82) is 0 Å². The normalized spacial score (nSPS) is 16.1. The number of quaternary nitrogens is 1. The minimum atomic E-state index is 0. The van der Waals surface area contributed by atoms with Gasteiger partial charge in [0.2, 0.25) is 0 Å². The highest BCUT2D eigenvalue weighted by Gasteiger charge is 2.33. The molecule has 0 spiro atoms. The van der Waals surface area contributed by atoms with E-state index < -0.39 is 0 Å². The van der Waals surface area contributed by atoms with E-state index in [0.717, 1.165) is 17.6 Å². The molecule has 0 atom stereocenters. The largest absolute Gasteiger partial charge is 0.286 e. The van der Waals surface area contributed by atoms with Crippen LogP contribution >= 0.6 is 24.0 Å². The number of halogens is 1. The summed E-state index contributed by atoms with van der Waals surface area (Å²) in [5.74, 6) is 0. The average Bonchev–Trinajstić information content (AvgIpc) is 2.68. The summed E-state index contributed by atoms with van der Waals surface area (Å²) in [5.41, 5.74) is 4.39. The molecule has 1 heterocycles. The molecule has 2 aromatic rings. The molecule has 1 aliphatic rings. The van der Waals surface area contributed by atoms with Crippen molar-refractivity contribution in [3.8, 4) is 0 Å². The van der Waals surface area contributed by atoms with Crippen molar-refractivity contribution in [2.45, 2.75) is 13.1 Å². The highest BCUT2D eigenvalue weighted by molar-refractivity contribution is 14.0. The number of benzene rings is 2. The smallest absolute Gasteiger partial charge is 0.133 e. The van der Waals surface area contributed by atoms with Crippen LogP contribution in [0, 0.1) is 0 Å². The lowest BCUT2D eigenvalue weighted by atomic mass is 10.1. The lowest BCUT2D eigenvalue weighted by Crippen LogP contribution is -2.38. The Bertz CT molecular complexity index is 482. The number of hydrogen-bond acceptors (Lipinski definition) is 0. The van der Waals surface area contributed by atoms with Gasteiger partial charge in [0.05, 0.1) is 7.05 Å². The Morgan fingerprint density at radius 1 is 0.765 bits per heavy atom. The molecule has 0 bridgehead atoms. The molecule has 3 rings (SSSR count). The van der Waals surface area contributed by atoms with Gasteiger partial charge in [-0.05, 0) is 12.1 Å². The fraction of sp³-hybridized carbons (Fsp3) is 0.200. The van der Waals surface area contributed by atoms with E-state index in [4.69, 9.17) is 0 Å². The fourth-order valence-corrected chi connectivity index (χ4v) is 2.64. The molecule has 0 saturated carbocycles. The molecule has 1 aliphatic heterocycles. The van der Waals surface area contributed by atoms with E-state index in [1.165, 1.54) is 16.8 Å². The maximum Gasteiger partial charge on any atom is 0.133 e. The van der Waals surface area contributed by atoms with Crippen LogP contribution in [0.25, 0.3) is 0 Å². The van der Waals surface area contributed by atoms with E-state index in [1.54, 1.807) is 0 Å². The molecule has 0 unspecified atom stereocenters. The van der Waals surface area contributed by atoms with Crippen molar-refractivity contribution in [2.24, 2.45) is 0 Å². The predicted octanol–water partition coefficient (Wildman–Crippen LogP) is 3.96. The van der Waals surface area contributed by atoms with Gasteiger partial charge in [0.25, 0.3) is 0 Å². The minimum absolute atomic E-state index is 0. The lowest BCUT2D eigenvalue weighted by Gasteiger charge is -2.28. The van der Waals surface area contributed by atoms with Crippen LogP contribution in [0.2, 0.25) is 0 Å². The van der Waals surface area contributed by atoms with Gasteiger partial charge in [-0.2, -0.15) is 0 Å². The van der Waals surface area contributed by atoms with Gasteiger partial charge in [-0.1, -0.05) is 42.5 Å². The standard InChI is InChI=1S/C15H16N.HI/c1-16(15-9-3-2-4-10-15)11-13-7-5-6-8-14(13)12-16;/h2-10H,11-12H2,1H3;1H/q+1;. The van der Waals surface area contributed by atoms with Gasteiger partial charge >= 0.3 is 0 Å². The Balaban J connectivity index is 0.00000108. The van der Waals surface area contributed by atoms with Gasteiger partial charge in [-0.3, -0.25) is 4.48 Å². The van der Waals surface area contributed by atoms with Crippen LogP contribution < -0.4 is 4.48 Å². The molecule has 0 saturated heterocycles. The van der Waals surface area contributed by atoms with Crippen molar-refractivity contribution in [2.75, 3.05) is 7.05 Å². The topological polar surface area (TPSA) is 0 Å². The second-order valence-electron chi connectivity index (χ2n) is 4.82. The number of hydrogen-bond donors (Lipinski definition) is 0. The predicted molar refractivity (Wildman–Crippen MR) is 83.4 cm³/mol. The third kappa shape index (κ3) is 2.24. The second-order valence-corrected chi connectivity index (χ2v) is 4.82. The molecule has 17 heavy (non-hydrogen) atoms. The van der Waals surface area contributed by atoms with Crippen molar-refractivity contribution in [1.82, 2.24) is 4.48 Å². The van der Waals surface area contributed by atoms with Crippen LogP contribution in [-0.4, -0.2) is 7.05 Å². The third-order valence-corrected chi connectivity index (χ3v) is 3.54. The first kappa shape index (κ1) is 12.6. The maximum atomic E-state index is 2.31. The van der Waals surface area contributed by atoms with Crippen LogP contribution in [-0.2, 0) is 13.1 Å². The van der Waals surface area contributed by atoms with Crippen LogP contribution in [0.4, 0.5) is 5.69 Å². The number of para-hydroxylation sites is 1. The monoisotopic (exact) mass is 338 g/mol. The summed E-state index contributed by atoms with van der Waals surface area (Å²) < 4.78 is 1.00. The summed E-state index contributed by atoms with van der Waals surface area (Å²) in [7, 11) is 2.31. The van der Waals surface area contributed by atoms with Gasteiger partial charge in [0.1, 0.15) is 18.8 Å². The molecule has 0 amide bonds. The summed E-state index contributed by atoms with van der Waals surface area (Å²) in [6, 6.07) is 19.6. The van der Waals surface area contributed by atoms with Crippen molar-refractivity contribution in [3.05, 3.63) is 65.7 Å². The van der Waals surface area contributed by atoms with Gasteiger partial charge in [0.15, 0.2) is 0 Å². The quantitative estimate of drug-likeness (QED) is 0.546. The third-order valence-electron chi connectivity index (χ3n) is 3.54. The van der Waals surface area contributed by atoms with Gasteiger partial charge in [0, 0.05) is 11.1 Å². The van der Waals surface area contributed by atoms with Gasteiger partial charge < -0.3 is 0 Å².